The van der Waals surface area contributed by atoms with Crippen molar-refractivity contribution in [1.82, 2.24) is 5.32 Å². The van der Waals surface area contributed by atoms with Gasteiger partial charge < -0.3 is 20.3 Å². The van der Waals surface area contributed by atoms with E-state index in [2.05, 4.69) is 43.5 Å². The van der Waals surface area contributed by atoms with Crippen molar-refractivity contribution in [2.75, 3.05) is 13.2 Å². The molecule has 0 bridgehead atoms. The van der Waals surface area contributed by atoms with Crippen LogP contribution >= 0.6 is 0 Å². The highest BCUT2D eigenvalue weighted by atomic mass is 16.5. The monoisotopic (exact) mass is 1060 g/mol. The standard InChI is InChI=1S/C69H133NO5/c1-3-5-7-9-11-13-15-17-19-20-21-22-23-24-25-28-31-34-37-41-45-49-53-57-61-67(72)66(65-71)70-68(73)62-58-54-50-46-42-38-35-32-29-26-27-30-33-36-40-44-48-52-56-60-64-75-69(74)63-59-55-51-47-43-39-18-16-14-12-10-8-6-4-2/h16,18,26,29,66-67,71-72H,3-15,17,19-25,27-28,30-65H2,1-2H3,(H,70,73)/b18-16-,29-26-. The molecule has 2 atom stereocenters. The normalized spacial score (nSPS) is 12.6. The quantitative estimate of drug-likeness (QED) is 0.0320. The zero-order valence-corrected chi connectivity index (χ0v) is 50.8. The molecule has 0 saturated heterocycles. The molecule has 0 aliphatic carbocycles. The zero-order chi connectivity index (χ0) is 54.3. The summed E-state index contributed by atoms with van der Waals surface area (Å²) in [6.07, 6.45) is 80.6. The molecule has 0 aromatic rings. The lowest BCUT2D eigenvalue weighted by atomic mass is 10.0. The first-order valence-corrected chi connectivity index (χ1v) is 34.1. The molecule has 0 saturated carbocycles. The highest BCUT2D eigenvalue weighted by Crippen LogP contribution is 2.18. The van der Waals surface area contributed by atoms with Gasteiger partial charge in [0.15, 0.2) is 0 Å². The van der Waals surface area contributed by atoms with Crippen molar-refractivity contribution in [2.45, 2.75) is 392 Å². The number of esters is 1. The van der Waals surface area contributed by atoms with E-state index in [0.29, 0.717) is 25.9 Å². The van der Waals surface area contributed by atoms with Crippen molar-refractivity contribution < 1.29 is 24.5 Å². The SMILES string of the molecule is CCCCCCC/C=C\CCCCCCCC(=O)OCCCCCCCCCCC/C=C\CCCCCCCCCC(=O)NC(CO)C(O)CCCCCCCCCCCCCCCCCCCCCCCCCC. The molecule has 0 aliphatic rings. The van der Waals surface area contributed by atoms with Gasteiger partial charge in [-0.15, -0.1) is 0 Å². The van der Waals surface area contributed by atoms with E-state index in [4.69, 9.17) is 4.74 Å². The molecule has 0 aliphatic heterocycles. The second-order valence-corrected chi connectivity index (χ2v) is 23.5. The number of ether oxygens (including phenoxy) is 1. The number of carbonyl (C=O) groups is 2. The van der Waals surface area contributed by atoms with Crippen LogP contribution in [-0.4, -0.2) is 47.4 Å². The van der Waals surface area contributed by atoms with Crippen LogP contribution in [0.3, 0.4) is 0 Å². The van der Waals surface area contributed by atoms with Gasteiger partial charge >= 0.3 is 5.97 Å². The second kappa shape index (κ2) is 64.9. The molecule has 0 fully saturated rings. The Labute approximate surface area is 469 Å². The molecular weight excluding hydrogens is 923 g/mol. The molecule has 6 nitrogen and oxygen atoms in total. The Kier molecular flexibility index (Phi) is 63.4. The van der Waals surface area contributed by atoms with E-state index >= 15 is 0 Å². The maximum absolute atomic E-state index is 12.5. The fourth-order valence-electron chi connectivity index (χ4n) is 10.7. The van der Waals surface area contributed by atoms with Gasteiger partial charge in [0.25, 0.3) is 0 Å². The minimum Gasteiger partial charge on any atom is -0.466 e. The van der Waals surface area contributed by atoms with E-state index in [0.717, 1.165) is 44.9 Å². The number of allylic oxidation sites excluding steroid dienone is 4. The van der Waals surface area contributed by atoms with Crippen molar-refractivity contribution in [3.63, 3.8) is 0 Å². The molecular formula is C69H133NO5. The number of hydrogen-bond donors (Lipinski definition) is 3. The number of nitrogens with one attached hydrogen (secondary N) is 1. The van der Waals surface area contributed by atoms with Crippen LogP contribution in [0.15, 0.2) is 24.3 Å². The van der Waals surface area contributed by atoms with Crippen LogP contribution < -0.4 is 5.32 Å². The Morgan fingerprint density at radius 2 is 0.627 bits per heavy atom. The van der Waals surface area contributed by atoms with Crippen molar-refractivity contribution in [1.29, 1.82) is 0 Å². The highest BCUT2D eigenvalue weighted by molar-refractivity contribution is 5.76. The number of amides is 1. The van der Waals surface area contributed by atoms with Crippen LogP contribution in [-0.2, 0) is 14.3 Å². The number of carbonyl (C=O) groups excluding carboxylic acids is 2. The van der Waals surface area contributed by atoms with E-state index in [9.17, 15) is 19.8 Å². The first-order valence-electron chi connectivity index (χ1n) is 34.1. The van der Waals surface area contributed by atoms with Gasteiger partial charge in [-0.05, 0) is 77.0 Å². The Balaban J connectivity index is 3.43. The Hall–Kier alpha value is -1.66. The summed E-state index contributed by atoms with van der Waals surface area (Å²) in [5, 5.41) is 23.4. The number of rotatable bonds is 64. The summed E-state index contributed by atoms with van der Waals surface area (Å²) in [6.45, 7) is 4.96. The van der Waals surface area contributed by atoms with E-state index < -0.39 is 12.1 Å². The smallest absolute Gasteiger partial charge is 0.305 e. The summed E-state index contributed by atoms with van der Waals surface area (Å²) in [5.41, 5.74) is 0. The minimum absolute atomic E-state index is 0.00140. The molecule has 0 aromatic heterocycles. The molecule has 0 heterocycles. The molecule has 6 heteroatoms. The van der Waals surface area contributed by atoms with Crippen molar-refractivity contribution >= 4 is 11.9 Å². The average molecular weight is 1060 g/mol. The number of hydrogen-bond acceptors (Lipinski definition) is 5. The third-order valence-corrected chi connectivity index (χ3v) is 16.0. The lowest BCUT2D eigenvalue weighted by molar-refractivity contribution is -0.143. The van der Waals surface area contributed by atoms with Gasteiger partial charge in [0.05, 0.1) is 25.4 Å². The number of unbranched alkanes of at least 4 members (excludes halogenated alkanes) is 49. The summed E-state index contributed by atoms with van der Waals surface area (Å²) in [6, 6.07) is -0.549. The lowest BCUT2D eigenvalue weighted by Gasteiger charge is -2.22. The van der Waals surface area contributed by atoms with Gasteiger partial charge in [0.1, 0.15) is 0 Å². The van der Waals surface area contributed by atoms with Crippen LogP contribution in [0.5, 0.6) is 0 Å². The summed E-state index contributed by atoms with van der Waals surface area (Å²) in [7, 11) is 0. The largest absolute Gasteiger partial charge is 0.466 e. The predicted molar refractivity (Wildman–Crippen MR) is 329 cm³/mol. The lowest BCUT2D eigenvalue weighted by Crippen LogP contribution is -2.45. The van der Waals surface area contributed by atoms with Crippen LogP contribution in [0.25, 0.3) is 0 Å². The van der Waals surface area contributed by atoms with E-state index in [1.807, 2.05) is 0 Å². The molecule has 1 amide bonds. The van der Waals surface area contributed by atoms with Gasteiger partial charge in [0, 0.05) is 12.8 Å². The summed E-state index contributed by atoms with van der Waals surface area (Å²) in [5.74, 6) is -0.0409. The number of aliphatic hydroxyl groups is 2. The molecule has 75 heavy (non-hydrogen) atoms. The first-order chi connectivity index (χ1) is 37.0. The van der Waals surface area contributed by atoms with Crippen molar-refractivity contribution in [2.24, 2.45) is 0 Å². The predicted octanol–water partition coefficient (Wildman–Crippen LogP) is 21.8. The van der Waals surface area contributed by atoms with E-state index in [1.165, 1.54) is 302 Å². The highest BCUT2D eigenvalue weighted by Gasteiger charge is 2.20. The zero-order valence-electron chi connectivity index (χ0n) is 50.8. The van der Waals surface area contributed by atoms with Gasteiger partial charge in [-0.25, -0.2) is 0 Å². The third kappa shape index (κ3) is 61.4. The number of aliphatic hydroxyl groups excluding tert-OH is 2. The minimum atomic E-state index is -0.671. The summed E-state index contributed by atoms with van der Waals surface area (Å²) in [4.78, 5) is 24.6. The van der Waals surface area contributed by atoms with Crippen LogP contribution in [0, 0.1) is 0 Å². The van der Waals surface area contributed by atoms with Crippen molar-refractivity contribution in [3.05, 3.63) is 24.3 Å². The van der Waals surface area contributed by atoms with E-state index in [-0.39, 0.29) is 18.5 Å². The van der Waals surface area contributed by atoms with E-state index in [1.54, 1.807) is 0 Å². The van der Waals surface area contributed by atoms with Crippen LogP contribution in [0.1, 0.15) is 380 Å². The first kappa shape index (κ1) is 73.3. The molecule has 0 radical (unpaired) electrons. The van der Waals surface area contributed by atoms with Crippen LogP contribution in [0.2, 0.25) is 0 Å². The van der Waals surface area contributed by atoms with Gasteiger partial charge in [-0.1, -0.05) is 314 Å². The third-order valence-electron chi connectivity index (χ3n) is 16.0. The van der Waals surface area contributed by atoms with Gasteiger partial charge in [-0.3, -0.25) is 9.59 Å². The maximum Gasteiger partial charge on any atom is 0.305 e. The molecule has 0 spiro atoms. The molecule has 0 aromatic carbocycles. The molecule has 0 rings (SSSR count). The van der Waals surface area contributed by atoms with Crippen molar-refractivity contribution in [3.8, 4) is 0 Å². The second-order valence-electron chi connectivity index (χ2n) is 23.5. The summed E-state index contributed by atoms with van der Waals surface area (Å²) >= 11 is 0. The molecule has 2 unspecified atom stereocenters. The fraction of sp³-hybridized carbons (Fsp3) is 0.913. The average Bonchev–Trinajstić information content (AvgIpc) is 3.41. The maximum atomic E-state index is 12.5. The Bertz CT molecular complexity index is 1170. The Morgan fingerprint density at radius 3 is 0.947 bits per heavy atom. The fourth-order valence-corrected chi connectivity index (χ4v) is 10.7. The summed E-state index contributed by atoms with van der Waals surface area (Å²) < 4.78 is 5.48. The van der Waals surface area contributed by atoms with Gasteiger partial charge in [0.2, 0.25) is 5.91 Å². The van der Waals surface area contributed by atoms with Gasteiger partial charge in [-0.2, -0.15) is 0 Å². The van der Waals surface area contributed by atoms with Crippen LogP contribution in [0.4, 0.5) is 0 Å². The molecule has 444 valence electrons. The molecule has 3 N–H and O–H groups in total. The Morgan fingerprint density at radius 1 is 0.360 bits per heavy atom. The topological polar surface area (TPSA) is 95.9 Å².